The van der Waals surface area contributed by atoms with E-state index in [2.05, 4.69) is 27.5 Å². The van der Waals surface area contributed by atoms with Crippen molar-refractivity contribution >= 4 is 5.96 Å². The smallest absolute Gasteiger partial charge is 0.192 e. The fraction of sp³-hybridized carbons (Fsp3) is 0.444. The second-order valence-corrected chi connectivity index (χ2v) is 1.96. The SMILES string of the molecule is C#CCN=C(NCC)NCC#C. The fourth-order valence-electron chi connectivity index (χ4n) is 0.601. The molecule has 0 saturated carbocycles. The summed E-state index contributed by atoms with van der Waals surface area (Å²) in [5.41, 5.74) is 0. The maximum Gasteiger partial charge on any atom is 0.192 e. The Morgan fingerprint density at radius 2 is 2.08 bits per heavy atom. The number of terminal acetylenes is 2. The third kappa shape index (κ3) is 5.20. The Hall–Kier alpha value is -1.61. The fourth-order valence-corrected chi connectivity index (χ4v) is 0.601. The maximum atomic E-state index is 5.07. The van der Waals surface area contributed by atoms with E-state index in [0.717, 1.165) is 6.54 Å². The van der Waals surface area contributed by atoms with Crippen LogP contribution in [0.25, 0.3) is 0 Å². The number of hydrogen-bond donors (Lipinski definition) is 2. The Bertz CT molecular complexity index is 217. The first-order chi connectivity index (χ1) is 5.85. The summed E-state index contributed by atoms with van der Waals surface area (Å²) >= 11 is 0. The van der Waals surface area contributed by atoms with E-state index in [1.807, 2.05) is 6.92 Å². The summed E-state index contributed by atoms with van der Waals surface area (Å²) in [7, 11) is 0. The molecule has 0 heterocycles. The number of guanidine groups is 1. The zero-order chi connectivity index (χ0) is 9.23. The van der Waals surface area contributed by atoms with Crippen LogP contribution in [-0.2, 0) is 0 Å². The largest absolute Gasteiger partial charge is 0.357 e. The molecule has 0 aliphatic rings. The van der Waals surface area contributed by atoms with Crippen LogP contribution in [-0.4, -0.2) is 25.6 Å². The lowest BCUT2D eigenvalue weighted by molar-refractivity contribution is 0.880. The van der Waals surface area contributed by atoms with Gasteiger partial charge in [-0.3, -0.25) is 0 Å². The summed E-state index contributed by atoms with van der Waals surface area (Å²) in [5, 5.41) is 5.91. The van der Waals surface area contributed by atoms with Gasteiger partial charge in [-0.25, -0.2) is 4.99 Å². The summed E-state index contributed by atoms with van der Waals surface area (Å²) in [6, 6.07) is 0. The molecule has 0 spiro atoms. The lowest BCUT2D eigenvalue weighted by Gasteiger charge is -2.06. The zero-order valence-corrected chi connectivity index (χ0v) is 7.22. The molecule has 0 radical (unpaired) electrons. The molecule has 0 saturated heterocycles. The summed E-state index contributed by atoms with van der Waals surface area (Å²) < 4.78 is 0. The molecule has 64 valence electrons. The summed E-state index contributed by atoms with van der Waals surface area (Å²) in [5.74, 6) is 5.52. The van der Waals surface area contributed by atoms with Gasteiger partial charge in [0.15, 0.2) is 5.96 Å². The normalized spacial score (nSPS) is 9.75. The lowest BCUT2D eigenvalue weighted by atomic mass is 10.6. The topological polar surface area (TPSA) is 36.4 Å². The third-order valence-electron chi connectivity index (χ3n) is 1.03. The minimum Gasteiger partial charge on any atom is -0.357 e. The lowest BCUT2D eigenvalue weighted by Crippen LogP contribution is -2.37. The van der Waals surface area contributed by atoms with Crippen LogP contribution >= 0.6 is 0 Å². The van der Waals surface area contributed by atoms with Crippen molar-refractivity contribution in [1.29, 1.82) is 0 Å². The van der Waals surface area contributed by atoms with Gasteiger partial charge in [0.05, 0.1) is 6.54 Å². The number of rotatable bonds is 3. The highest BCUT2D eigenvalue weighted by atomic mass is 15.2. The average Bonchev–Trinajstić information content (AvgIpc) is 2.10. The van der Waals surface area contributed by atoms with Gasteiger partial charge in [-0.2, -0.15) is 0 Å². The predicted octanol–water partition coefficient (Wildman–Crippen LogP) is -0.192. The van der Waals surface area contributed by atoms with Crippen molar-refractivity contribution in [2.24, 2.45) is 4.99 Å². The molecule has 12 heavy (non-hydrogen) atoms. The minimum absolute atomic E-state index is 0.361. The molecule has 3 nitrogen and oxygen atoms in total. The average molecular weight is 163 g/mol. The van der Waals surface area contributed by atoms with Gasteiger partial charge in [-0.05, 0) is 6.92 Å². The second-order valence-electron chi connectivity index (χ2n) is 1.96. The van der Waals surface area contributed by atoms with Crippen molar-refractivity contribution in [2.75, 3.05) is 19.6 Å². The van der Waals surface area contributed by atoms with Crippen LogP contribution in [0.5, 0.6) is 0 Å². The molecular weight excluding hydrogens is 150 g/mol. The summed E-state index contributed by atoms with van der Waals surface area (Å²) in [6.07, 6.45) is 10.1. The third-order valence-corrected chi connectivity index (χ3v) is 1.03. The molecule has 2 N–H and O–H groups in total. The van der Waals surface area contributed by atoms with Crippen molar-refractivity contribution in [3.05, 3.63) is 0 Å². The van der Waals surface area contributed by atoms with E-state index >= 15 is 0 Å². The van der Waals surface area contributed by atoms with E-state index in [1.165, 1.54) is 0 Å². The molecule has 0 bridgehead atoms. The van der Waals surface area contributed by atoms with E-state index < -0.39 is 0 Å². The number of nitrogens with zero attached hydrogens (tertiary/aromatic N) is 1. The van der Waals surface area contributed by atoms with Gasteiger partial charge >= 0.3 is 0 Å². The first-order valence-corrected chi connectivity index (χ1v) is 3.74. The van der Waals surface area contributed by atoms with Crippen LogP contribution in [0, 0.1) is 24.7 Å². The van der Waals surface area contributed by atoms with Gasteiger partial charge in [0.2, 0.25) is 0 Å². The number of aliphatic imine (C=N–C) groups is 1. The molecule has 0 aromatic heterocycles. The van der Waals surface area contributed by atoms with Crippen LogP contribution in [0.4, 0.5) is 0 Å². The first kappa shape index (κ1) is 10.4. The molecule has 3 heteroatoms. The Morgan fingerprint density at radius 3 is 2.58 bits per heavy atom. The Kier molecular flexibility index (Phi) is 6.49. The zero-order valence-electron chi connectivity index (χ0n) is 7.22. The molecular formula is C9H13N3. The van der Waals surface area contributed by atoms with Crippen LogP contribution in [0.1, 0.15) is 6.92 Å². The summed E-state index contributed by atoms with van der Waals surface area (Å²) in [6.45, 7) is 3.58. The summed E-state index contributed by atoms with van der Waals surface area (Å²) in [4.78, 5) is 4.03. The van der Waals surface area contributed by atoms with E-state index in [9.17, 15) is 0 Å². The molecule has 0 aliphatic heterocycles. The van der Waals surface area contributed by atoms with Gasteiger partial charge < -0.3 is 10.6 Å². The van der Waals surface area contributed by atoms with Crippen LogP contribution in [0.2, 0.25) is 0 Å². The number of hydrogen-bond acceptors (Lipinski definition) is 1. The van der Waals surface area contributed by atoms with Gasteiger partial charge in [-0.15, -0.1) is 12.8 Å². The van der Waals surface area contributed by atoms with Gasteiger partial charge in [0, 0.05) is 6.54 Å². The Balaban J connectivity index is 3.88. The quantitative estimate of drug-likeness (QED) is 0.344. The molecule has 0 aromatic carbocycles. The molecule has 0 amide bonds. The molecule has 0 aliphatic carbocycles. The van der Waals surface area contributed by atoms with Crippen molar-refractivity contribution in [2.45, 2.75) is 6.92 Å². The first-order valence-electron chi connectivity index (χ1n) is 3.74. The van der Waals surface area contributed by atoms with Crippen molar-refractivity contribution < 1.29 is 0 Å². The number of nitrogens with one attached hydrogen (secondary N) is 2. The monoisotopic (exact) mass is 163 g/mol. The highest BCUT2D eigenvalue weighted by Gasteiger charge is 1.91. The second kappa shape index (κ2) is 7.50. The van der Waals surface area contributed by atoms with Crippen molar-refractivity contribution in [3.63, 3.8) is 0 Å². The van der Waals surface area contributed by atoms with E-state index in [-0.39, 0.29) is 0 Å². The van der Waals surface area contributed by atoms with E-state index in [1.54, 1.807) is 0 Å². The van der Waals surface area contributed by atoms with Crippen molar-refractivity contribution in [1.82, 2.24) is 10.6 Å². The Labute approximate surface area is 73.7 Å². The van der Waals surface area contributed by atoms with Crippen molar-refractivity contribution in [3.8, 4) is 24.7 Å². The minimum atomic E-state index is 0.361. The molecule has 0 atom stereocenters. The highest BCUT2D eigenvalue weighted by Crippen LogP contribution is 1.70. The van der Waals surface area contributed by atoms with Crippen LogP contribution < -0.4 is 10.6 Å². The predicted molar refractivity (Wildman–Crippen MR) is 51.6 cm³/mol. The molecule has 0 rings (SSSR count). The van der Waals surface area contributed by atoms with Gasteiger partial charge in [0.1, 0.15) is 6.54 Å². The van der Waals surface area contributed by atoms with Crippen LogP contribution in [0.15, 0.2) is 4.99 Å². The Morgan fingerprint density at radius 1 is 1.33 bits per heavy atom. The van der Waals surface area contributed by atoms with E-state index in [4.69, 9.17) is 12.8 Å². The van der Waals surface area contributed by atoms with Crippen LogP contribution in [0.3, 0.4) is 0 Å². The highest BCUT2D eigenvalue weighted by molar-refractivity contribution is 5.80. The van der Waals surface area contributed by atoms with Gasteiger partial charge in [0.25, 0.3) is 0 Å². The molecule has 0 fully saturated rings. The molecule has 0 aromatic rings. The standard InChI is InChI=1S/C9H13N3/c1-4-7-11-9(10-6-3)12-8-5-2/h1-2H,6-8H2,3H3,(H2,10,11,12). The van der Waals surface area contributed by atoms with E-state index in [0.29, 0.717) is 19.0 Å². The molecule has 0 unspecified atom stereocenters. The maximum absolute atomic E-state index is 5.07. The van der Waals surface area contributed by atoms with Gasteiger partial charge in [-0.1, -0.05) is 11.8 Å².